The second-order valence-electron chi connectivity index (χ2n) is 6.51. The van der Waals surface area contributed by atoms with E-state index in [0.29, 0.717) is 0 Å². The first kappa shape index (κ1) is 24.0. The normalized spacial score (nSPS) is 17.8. The number of hydrogen-bond donors (Lipinski definition) is 3. The van der Waals surface area contributed by atoms with Gasteiger partial charge >= 0.3 is 6.09 Å². The van der Waals surface area contributed by atoms with Crippen LogP contribution in [0.25, 0.3) is 0 Å². The predicted molar refractivity (Wildman–Crippen MR) is 81.4 cm³/mol. The molecule has 0 saturated heterocycles. The number of hydrogen-bond acceptors (Lipinski definition) is 8. The van der Waals surface area contributed by atoms with Gasteiger partial charge in [-0.2, -0.15) is 0 Å². The van der Waals surface area contributed by atoms with Gasteiger partial charge in [-0.15, -0.1) is 0 Å². The van der Waals surface area contributed by atoms with Crippen molar-refractivity contribution in [3.63, 3.8) is 0 Å². The van der Waals surface area contributed by atoms with E-state index >= 15 is 0 Å². The van der Waals surface area contributed by atoms with Gasteiger partial charge in [-0.05, 0) is 33.6 Å². The standard InChI is InChI=1S/C12H26N2O9P2/c1-12(2,3)23-11(17)14-9(10(15)16)5-4-6-13-7-24(18,19)8-25(20,21)22/h9,13H,4-8H2,1-3H3,(H,14,17)(H,15,16)(H,18,19)(H2,20,21,22)/p-2/t9-/m0/s1. The number of carbonyl (C=O) groups is 2. The molecule has 0 aromatic rings. The van der Waals surface area contributed by atoms with Gasteiger partial charge < -0.3 is 49.1 Å². The van der Waals surface area contributed by atoms with Crippen LogP contribution in [0.5, 0.6) is 0 Å². The summed E-state index contributed by atoms with van der Waals surface area (Å²) < 4.78 is 26.9. The average molecular weight is 402 g/mol. The molecule has 3 atom stereocenters. The highest BCUT2D eigenvalue weighted by Crippen LogP contribution is 2.47. The Bertz CT molecular complexity index is 555. The van der Waals surface area contributed by atoms with Gasteiger partial charge in [0.15, 0.2) is 0 Å². The number of aliphatic carboxylic acids is 1. The molecular formula is C12H24N2O9P2-2. The Labute approximate surface area is 145 Å². The van der Waals surface area contributed by atoms with Crippen LogP contribution < -0.4 is 25.5 Å². The Morgan fingerprint density at radius 1 is 1.28 bits per heavy atom. The zero-order valence-electron chi connectivity index (χ0n) is 14.3. The van der Waals surface area contributed by atoms with Crippen LogP contribution in [0, 0.1) is 0 Å². The molecule has 0 fully saturated rings. The summed E-state index contributed by atoms with van der Waals surface area (Å²) in [5, 5.41) is 14.4. The second-order valence-corrected chi connectivity index (χ2v) is 10.9. The van der Waals surface area contributed by atoms with Crippen LogP contribution in [-0.2, 0) is 18.7 Å². The lowest BCUT2D eigenvalue weighted by atomic mass is 10.1. The van der Waals surface area contributed by atoms with E-state index in [1.165, 1.54) is 5.32 Å². The van der Waals surface area contributed by atoms with Gasteiger partial charge in [0.1, 0.15) is 19.5 Å². The van der Waals surface area contributed by atoms with Gasteiger partial charge in [-0.1, -0.05) is 0 Å². The fourth-order valence-corrected chi connectivity index (χ4v) is 5.00. The first-order valence-corrected chi connectivity index (χ1v) is 11.2. The fraction of sp³-hybridized carbons (Fsp3) is 0.833. The number of carbonyl (C=O) groups excluding carboxylic acids is 2. The number of nitrogens with one attached hydrogen (secondary N) is 1. The van der Waals surface area contributed by atoms with Crippen molar-refractivity contribution in [3.8, 4) is 0 Å². The third-order valence-electron chi connectivity index (χ3n) is 2.68. The molecule has 0 heterocycles. The van der Waals surface area contributed by atoms with Crippen molar-refractivity contribution in [2.75, 3.05) is 18.7 Å². The summed E-state index contributed by atoms with van der Waals surface area (Å²) in [6.07, 6.45) is -1.28. The van der Waals surface area contributed by atoms with Crippen molar-refractivity contribution in [1.29, 1.82) is 0 Å². The minimum Gasteiger partial charge on any atom is -0.795 e. The molecule has 0 radical (unpaired) electrons. The molecule has 0 aliphatic heterocycles. The number of alkyl carbamates (subject to hydrolysis) is 1. The van der Waals surface area contributed by atoms with Gasteiger partial charge in [-0.25, -0.2) is 4.79 Å². The maximum atomic E-state index is 11.5. The van der Waals surface area contributed by atoms with Crippen LogP contribution in [0.1, 0.15) is 33.6 Å². The highest BCUT2D eigenvalue weighted by Gasteiger charge is 2.20. The highest BCUT2D eigenvalue weighted by molar-refractivity contribution is 7.71. The molecule has 13 heteroatoms. The zero-order valence-corrected chi connectivity index (χ0v) is 16.1. The smallest absolute Gasteiger partial charge is 0.408 e. The van der Waals surface area contributed by atoms with Crippen LogP contribution >= 0.6 is 15.0 Å². The quantitative estimate of drug-likeness (QED) is 0.253. The summed E-state index contributed by atoms with van der Waals surface area (Å²) in [4.78, 5) is 53.1. The molecule has 148 valence electrons. The van der Waals surface area contributed by atoms with E-state index < -0.39 is 50.9 Å². The highest BCUT2D eigenvalue weighted by atomic mass is 31.2. The fourth-order valence-electron chi connectivity index (χ4n) is 1.78. The lowest BCUT2D eigenvalue weighted by Crippen LogP contribution is -2.84. The Morgan fingerprint density at radius 3 is 2.28 bits per heavy atom. The molecule has 0 aliphatic rings. The molecule has 0 aromatic carbocycles. The second kappa shape index (κ2) is 9.66. The van der Waals surface area contributed by atoms with E-state index in [1.54, 1.807) is 20.8 Å². The number of quaternary nitrogens is 1. The largest absolute Gasteiger partial charge is 0.795 e. The Morgan fingerprint density at radius 2 is 1.84 bits per heavy atom. The number of amides is 1. The van der Waals surface area contributed by atoms with E-state index in [2.05, 4.69) is 5.32 Å². The summed E-state index contributed by atoms with van der Waals surface area (Å²) in [5.74, 6) is -2.83. The summed E-state index contributed by atoms with van der Waals surface area (Å²) in [6.45, 7) is 5.01. The molecule has 0 rings (SSSR count). The Balaban J connectivity index is 4.26. The van der Waals surface area contributed by atoms with Gasteiger partial charge in [0.05, 0.1) is 31.8 Å². The van der Waals surface area contributed by atoms with E-state index in [9.17, 15) is 33.6 Å². The topological polar surface area (TPSA) is 196 Å². The van der Waals surface area contributed by atoms with Crippen LogP contribution in [0.4, 0.5) is 4.79 Å². The van der Waals surface area contributed by atoms with Gasteiger partial charge in [0, 0.05) is 0 Å². The molecular weight excluding hydrogens is 378 g/mol. The first-order chi connectivity index (χ1) is 11.1. The number of rotatable bonds is 10. The number of ether oxygens (including phenoxy) is 1. The SMILES string of the molecule is CC(C)(C)OC(=O)N[C@@H](CCC[NH2+]CP(=O)([O-])CP(=O)([O-])O)C(=O)[O-]. The third-order valence-corrected chi connectivity index (χ3v) is 6.65. The van der Waals surface area contributed by atoms with Crippen molar-refractivity contribution in [2.45, 2.75) is 45.3 Å². The molecule has 2 unspecified atom stereocenters. The third kappa shape index (κ3) is 13.9. The van der Waals surface area contributed by atoms with Crippen LogP contribution in [0.3, 0.4) is 0 Å². The van der Waals surface area contributed by atoms with Crippen molar-refractivity contribution in [1.82, 2.24) is 5.32 Å². The monoisotopic (exact) mass is 402 g/mol. The van der Waals surface area contributed by atoms with Crippen molar-refractivity contribution < 1.29 is 48.6 Å². The van der Waals surface area contributed by atoms with Gasteiger partial charge in [0.25, 0.3) is 0 Å². The van der Waals surface area contributed by atoms with E-state index in [1.807, 2.05) is 0 Å². The molecule has 11 nitrogen and oxygen atoms in total. The first-order valence-electron chi connectivity index (χ1n) is 7.45. The van der Waals surface area contributed by atoms with Crippen molar-refractivity contribution >= 4 is 27.0 Å². The van der Waals surface area contributed by atoms with E-state index in [-0.39, 0.29) is 19.4 Å². The average Bonchev–Trinajstić information content (AvgIpc) is 2.31. The van der Waals surface area contributed by atoms with Gasteiger partial charge in [-0.3, -0.25) is 0 Å². The zero-order chi connectivity index (χ0) is 19.9. The minimum atomic E-state index is -4.90. The molecule has 0 spiro atoms. The summed E-state index contributed by atoms with van der Waals surface area (Å²) in [6, 6.07) is -1.30. The summed E-state index contributed by atoms with van der Waals surface area (Å²) >= 11 is 0. The Kier molecular flexibility index (Phi) is 9.29. The van der Waals surface area contributed by atoms with Crippen molar-refractivity contribution in [3.05, 3.63) is 0 Å². The molecule has 25 heavy (non-hydrogen) atoms. The van der Waals surface area contributed by atoms with Crippen molar-refractivity contribution in [2.24, 2.45) is 0 Å². The maximum absolute atomic E-state index is 11.5. The van der Waals surface area contributed by atoms with E-state index in [0.717, 1.165) is 0 Å². The molecule has 0 aliphatic carbocycles. The summed E-state index contributed by atoms with van der Waals surface area (Å²) in [5.41, 5.74) is -0.794. The van der Waals surface area contributed by atoms with Crippen LogP contribution in [-0.4, -0.2) is 47.3 Å². The molecule has 1 amide bonds. The maximum Gasteiger partial charge on any atom is 0.408 e. The lowest BCUT2D eigenvalue weighted by molar-refractivity contribution is -0.641. The molecule has 4 N–H and O–H groups in total. The Hall–Kier alpha value is -0.960. The summed E-state index contributed by atoms with van der Waals surface area (Å²) in [7, 11) is -9.19. The van der Waals surface area contributed by atoms with Crippen LogP contribution in [0.15, 0.2) is 0 Å². The number of nitrogens with two attached hydrogens (primary N) is 1. The minimum absolute atomic E-state index is 0.0265. The predicted octanol–water partition coefficient (Wildman–Crippen LogP) is -2.93. The number of carboxylic acids is 1. The number of carboxylic acid groups (broad SMARTS) is 1. The molecule has 0 saturated carbocycles. The van der Waals surface area contributed by atoms with Crippen LogP contribution in [0.2, 0.25) is 0 Å². The van der Waals surface area contributed by atoms with E-state index in [4.69, 9.17) is 9.63 Å². The molecule has 0 aromatic heterocycles. The van der Waals surface area contributed by atoms with Gasteiger partial charge in [0.2, 0.25) is 0 Å². The molecule has 0 bridgehead atoms. The lowest BCUT2D eigenvalue weighted by Gasteiger charge is -2.27.